The fraction of sp³-hybridized carbons (Fsp3) is 0.255. The van der Waals surface area contributed by atoms with Crippen LogP contribution in [0.1, 0.15) is 67.0 Å². The summed E-state index contributed by atoms with van der Waals surface area (Å²) in [6, 6.07) is 23.8. The molecule has 2 aliphatic rings. The van der Waals surface area contributed by atoms with Gasteiger partial charge in [-0.05, 0) is 115 Å². The van der Waals surface area contributed by atoms with Crippen LogP contribution in [-0.2, 0) is 35.6 Å². The lowest BCUT2D eigenvalue weighted by Crippen LogP contribution is -2.56. The van der Waals surface area contributed by atoms with Gasteiger partial charge in [0.1, 0.15) is 42.4 Å². The zero-order valence-corrected chi connectivity index (χ0v) is 35.3. The summed E-state index contributed by atoms with van der Waals surface area (Å²) in [4.78, 5) is 46.9. The maximum Gasteiger partial charge on any atom is 0.326 e. The number of carboxylic acid groups (broad SMARTS) is 1. The van der Waals surface area contributed by atoms with Crippen LogP contribution in [-0.4, -0.2) is 56.6 Å². The molecule has 0 bridgehead atoms. The first kappa shape index (κ1) is 41.4. The molecular formula is C47H42Cl2N4O8. The zero-order valence-electron chi connectivity index (χ0n) is 33.8. The molecular weight excluding hydrogens is 819 g/mol. The van der Waals surface area contributed by atoms with E-state index >= 15 is 0 Å². The number of hydrogen-bond donors (Lipinski definition) is 2. The van der Waals surface area contributed by atoms with Crippen molar-refractivity contribution in [3.05, 3.63) is 157 Å². The summed E-state index contributed by atoms with van der Waals surface area (Å²) in [5, 5.41) is 18.0. The topological polar surface area (TPSA) is 153 Å². The first-order valence-electron chi connectivity index (χ1n) is 19.7. The lowest BCUT2D eigenvalue weighted by Gasteiger charge is -2.37. The van der Waals surface area contributed by atoms with Gasteiger partial charge in [-0.1, -0.05) is 70.8 Å². The van der Waals surface area contributed by atoms with Crippen LogP contribution in [0, 0.1) is 27.7 Å². The Hall–Kier alpha value is -6.37. The molecule has 0 saturated heterocycles. The first-order valence-corrected chi connectivity index (χ1v) is 20.5. The van der Waals surface area contributed by atoms with Crippen LogP contribution < -0.4 is 19.5 Å². The molecule has 0 aliphatic carbocycles. The van der Waals surface area contributed by atoms with Crippen molar-refractivity contribution >= 4 is 41.0 Å². The number of pyridine rings is 1. The van der Waals surface area contributed by atoms with Crippen LogP contribution in [0.3, 0.4) is 0 Å². The average Bonchev–Trinajstić information content (AvgIpc) is 3.60. The normalized spacial score (nSPS) is 16.1. The molecule has 0 spiro atoms. The summed E-state index contributed by atoms with van der Waals surface area (Å²) < 4.78 is 24.0. The summed E-state index contributed by atoms with van der Waals surface area (Å²) in [6.45, 7) is 7.85. The summed E-state index contributed by atoms with van der Waals surface area (Å²) in [6.07, 6.45) is 1.47. The number of halogens is 2. The third-order valence-corrected chi connectivity index (χ3v) is 12.0. The number of aliphatic carboxylic acids is 1. The van der Waals surface area contributed by atoms with Crippen molar-refractivity contribution in [3.63, 3.8) is 0 Å². The number of hydrogen-bond acceptors (Lipinski definition) is 9. The Balaban J connectivity index is 0.995. The Morgan fingerprint density at radius 3 is 2.33 bits per heavy atom. The van der Waals surface area contributed by atoms with E-state index in [4.69, 9.17) is 41.9 Å². The zero-order chi connectivity index (χ0) is 42.9. The van der Waals surface area contributed by atoms with Crippen molar-refractivity contribution < 1.29 is 38.2 Å². The maximum absolute atomic E-state index is 14.3. The van der Waals surface area contributed by atoms with E-state index in [0.29, 0.717) is 45.4 Å². The van der Waals surface area contributed by atoms with Crippen molar-refractivity contribution in [2.45, 2.75) is 71.9 Å². The summed E-state index contributed by atoms with van der Waals surface area (Å²) in [7, 11) is 0. The predicted octanol–water partition coefficient (Wildman–Crippen LogP) is 8.75. The monoisotopic (exact) mass is 860 g/mol. The van der Waals surface area contributed by atoms with Crippen molar-refractivity contribution in [3.8, 4) is 28.4 Å². The van der Waals surface area contributed by atoms with Gasteiger partial charge in [0.2, 0.25) is 5.91 Å². The average molecular weight is 862 g/mol. The Bertz CT molecular complexity index is 2630. The number of nitrogens with one attached hydrogen (secondary N) is 1. The number of benzene rings is 4. The minimum Gasteiger partial charge on any atom is -0.489 e. The van der Waals surface area contributed by atoms with Gasteiger partial charge in [0, 0.05) is 31.3 Å². The number of aromatic nitrogens is 2. The SMILES string of the molecule is Cc1nccc(-c2ccc(C[C@H](NC(=O)[C@@H]3Cc4cc5c(cc4CN3C(=O)c3c(C)noc3C)O[C@@H](c3ccc(OCc4ccc(Cl)c(Cl)c4)cc3)CO5)C(=O)O)cc2)c1C. The van der Waals surface area contributed by atoms with Crippen LogP contribution in [0.15, 0.2) is 95.6 Å². The smallest absolute Gasteiger partial charge is 0.326 e. The van der Waals surface area contributed by atoms with Crippen LogP contribution in [0.4, 0.5) is 0 Å². The number of carboxylic acids is 1. The van der Waals surface area contributed by atoms with Gasteiger partial charge in [-0.3, -0.25) is 14.6 Å². The third-order valence-electron chi connectivity index (χ3n) is 11.3. The van der Waals surface area contributed by atoms with E-state index < -0.39 is 36.0 Å². The van der Waals surface area contributed by atoms with Crippen LogP contribution >= 0.6 is 23.2 Å². The standard InChI is InChI=1S/C47H42Cl2N4O8/c1-25-26(2)50-16-15-36(25)31-8-5-29(6-9-31)18-39(47(56)57)51-45(54)40-19-33-20-41-42(21-34(33)22-53(40)46(55)44-27(3)52-61-28(44)4)60-43(24-59-41)32-10-12-35(13-11-32)58-23-30-7-14-37(48)38(49)17-30/h5-17,20-21,39-40,43H,18-19,22-24H2,1-4H3,(H,51,54)(H,56,57)/t39-,40-,43+/m0/s1. The first-order chi connectivity index (χ1) is 29.3. The quantitative estimate of drug-likeness (QED) is 0.129. The van der Waals surface area contributed by atoms with Crippen LogP contribution in [0.5, 0.6) is 17.2 Å². The van der Waals surface area contributed by atoms with Crippen molar-refractivity contribution in [1.29, 1.82) is 0 Å². The van der Waals surface area contributed by atoms with Crippen LogP contribution in [0.2, 0.25) is 10.0 Å². The Morgan fingerprint density at radius 2 is 1.62 bits per heavy atom. The summed E-state index contributed by atoms with van der Waals surface area (Å²) in [5.41, 5.74) is 8.65. The fourth-order valence-corrected chi connectivity index (χ4v) is 8.07. The van der Waals surface area contributed by atoms with Crippen molar-refractivity contribution in [2.75, 3.05) is 6.61 Å². The number of carbonyl (C=O) groups excluding carboxylic acids is 2. The van der Waals surface area contributed by atoms with Gasteiger partial charge in [0.25, 0.3) is 5.91 Å². The number of rotatable bonds is 11. The van der Waals surface area contributed by atoms with Gasteiger partial charge >= 0.3 is 5.97 Å². The maximum atomic E-state index is 14.3. The van der Waals surface area contributed by atoms with Gasteiger partial charge in [0.05, 0.1) is 15.7 Å². The molecule has 2 N–H and O–H groups in total. The van der Waals surface area contributed by atoms with E-state index in [1.807, 2.05) is 86.6 Å². The highest BCUT2D eigenvalue weighted by Gasteiger charge is 2.39. The highest BCUT2D eigenvalue weighted by atomic mass is 35.5. The highest BCUT2D eigenvalue weighted by Crippen LogP contribution is 2.41. The van der Waals surface area contributed by atoms with E-state index in [1.54, 1.807) is 32.2 Å². The second-order valence-electron chi connectivity index (χ2n) is 15.3. The van der Waals surface area contributed by atoms with E-state index in [-0.39, 0.29) is 31.6 Å². The van der Waals surface area contributed by atoms with E-state index in [1.165, 1.54) is 4.90 Å². The predicted molar refractivity (Wildman–Crippen MR) is 228 cm³/mol. The van der Waals surface area contributed by atoms with Crippen molar-refractivity contribution in [1.82, 2.24) is 20.4 Å². The summed E-state index contributed by atoms with van der Waals surface area (Å²) >= 11 is 12.2. The summed E-state index contributed by atoms with van der Waals surface area (Å²) in [5.74, 6) is -0.279. The van der Waals surface area contributed by atoms with Crippen molar-refractivity contribution in [2.24, 2.45) is 0 Å². The van der Waals surface area contributed by atoms with E-state index in [0.717, 1.165) is 50.2 Å². The third kappa shape index (κ3) is 8.78. The second kappa shape index (κ2) is 17.3. The van der Waals surface area contributed by atoms with E-state index in [9.17, 15) is 19.5 Å². The molecule has 2 aromatic heterocycles. The second-order valence-corrected chi connectivity index (χ2v) is 16.1. The number of nitrogens with zero attached hydrogens (tertiary/aromatic N) is 3. The molecule has 0 unspecified atom stereocenters. The van der Waals surface area contributed by atoms with Gasteiger partial charge < -0.3 is 34.1 Å². The van der Waals surface area contributed by atoms with Gasteiger partial charge in [-0.25, -0.2) is 4.79 Å². The molecule has 4 heterocycles. The Morgan fingerprint density at radius 1 is 0.885 bits per heavy atom. The van der Waals surface area contributed by atoms with Gasteiger partial charge in [-0.15, -0.1) is 0 Å². The molecule has 14 heteroatoms. The lowest BCUT2D eigenvalue weighted by molar-refractivity contribution is -0.142. The number of amides is 2. The molecule has 312 valence electrons. The van der Waals surface area contributed by atoms with Gasteiger partial charge in [0.15, 0.2) is 17.6 Å². The largest absolute Gasteiger partial charge is 0.489 e. The molecule has 3 atom stereocenters. The Kier molecular flexibility index (Phi) is 11.7. The molecule has 2 amide bonds. The minimum absolute atomic E-state index is 0.0329. The molecule has 12 nitrogen and oxygen atoms in total. The molecule has 2 aliphatic heterocycles. The number of ether oxygens (including phenoxy) is 3. The molecule has 4 aromatic carbocycles. The lowest BCUT2D eigenvalue weighted by atomic mass is 9.91. The number of fused-ring (bicyclic) bond motifs is 2. The molecule has 8 rings (SSSR count). The molecule has 6 aromatic rings. The minimum atomic E-state index is -1.26. The van der Waals surface area contributed by atoms with Gasteiger partial charge in [-0.2, -0.15) is 0 Å². The Labute approximate surface area is 362 Å². The number of carbonyl (C=O) groups is 3. The molecule has 0 saturated carbocycles. The fourth-order valence-electron chi connectivity index (χ4n) is 7.75. The highest BCUT2D eigenvalue weighted by molar-refractivity contribution is 6.42. The molecule has 0 radical (unpaired) electrons. The molecule has 61 heavy (non-hydrogen) atoms. The number of aryl methyl sites for hydroxylation is 3. The molecule has 0 fully saturated rings. The van der Waals surface area contributed by atoms with Crippen LogP contribution in [0.25, 0.3) is 11.1 Å². The van der Waals surface area contributed by atoms with E-state index in [2.05, 4.69) is 15.5 Å².